The summed E-state index contributed by atoms with van der Waals surface area (Å²) in [7, 11) is 1.48. The monoisotopic (exact) mass is 664 g/mol. The molecule has 0 saturated heterocycles. The molecule has 3 aromatic rings. The number of ether oxygens (including phenoxy) is 2. The number of benzene rings is 3. The maximum atomic E-state index is 13.9. The molecule has 1 aliphatic heterocycles. The molecule has 1 aliphatic rings. The van der Waals surface area contributed by atoms with Crippen molar-refractivity contribution in [1.29, 1.82) is 0 Å². The Morgan fingerprint density at radius 2 is 1.82 bits per heavy atom. The molecule has 4 rings (SSSR count). The average molecular weight is 666 g/mol. The van der Waals surface area contributed by atoms with Gasteiger partial charge in [-0.05, 0) is 87.2 Å². The van der Waals surface area contributed by atoms with Crippen molar-refractivity contribution < 1.29 is 23.9 Å². The minimum absolute atomic E-state index is 0. The topological polar surface area (TPSA) is 137 Å². The highest BCUT2D eigenvalue weighted by atomic mass is 35.5. The number of fused-ring (bicyclic) bond motifs is 1. The molecule has 0 saturated carbocycles. The van der Waals surface area contributed by atoms with E-state index >= 15 is 0 Å². The van der Waals surface area contributed by atoms with E-state index in [2.05, 4.69) is 5.32 Å². The summed E-state index contributed by atoms with van der Waals surface area (Å²) in [6.07, 6.45) is 2.49. The molecule has 0 aromatic heterocycles. The van der Waals surface area contributed by atoms with Gasteiger partial charge in [-0.1, -0.05) is 36.2 Å². The molecule has 0 bridgehead atoms. The molecule has 3 aromatic carbocycles. The van der Waals surface area contributed by atoms with Gasteiger partial charge >= 0.3 is 5.97 Å². The number of carbonyl (C=O) groups excluding carboxylic acids is 3. The summed E-state index contributed by atoms with van der Waals surface area (Å²) in [5, 5.41) is 3.34. The first-order chi connectivity index (χ1) is 20.2. The molecule has 0 fully saturated rings. The molecule has 44 heavy (non-hydrogen) atoms. The van der Waals surface area contributed by atoms with Gasteiger partial charge in [0, 0.05) is 28.3 Å². The zero-order chi connectivity index (χ0) is 30.2. The Hall–Kier alpha value is -3.34. The number of carbonyl (C=O) groups is 3. The second-order valence-electron chi connectivity index (χ2n) is 10.3. The average Bonchev–Trinajstić information content (AvgIpc) is 3.16. The molecule has 5 N–H and O–H groups in total. The number of anilines is 2. The molecule has 0 radical (unpaired) electrons. The standard InChI is InChI=1S/C32H37ClN4O5.2ClH/c1-20-8-3-4-9-23(20)30(38)36-26-14-12-21(18-29(26)41-2)31(39)37-17-7-11-28(24-19-22(33)13-15-27(24)37)42-32(40)25(35)10-5-6-16-34;;/h3-4,8-9,12-15,18-19,25,28H,5-7,10-11,16-17,34-35H2,1-2H3,(H,36,38);2*1H/t25-,28?;;/m0../s1. The second kappa shape index (κ2) is 17.2. The first kappa shape index (κ1) is 36.8. The predicted molar refractivity (Wildman–Crippen MR) is 179 cm³/mol. The van der Waals surface area contributed by atoms with Crippen molar-refractivity contribution >= 4 is 65.6 Å². The third-order valence-electron chi connectivity index (χ3n) is 7.34. The van der Waals surface area contributed by atoms with E-state index in [9.17, 15) is 14.4 Å². The Balaban J connectivity index is 0.00000337. The summed E-state index contributed by atoms with van der Waals surface area (Å²) in [6, 6.07) is 16.6. The maximum absolute atomic E-state index is 13.9. The van der Waals surface area contributed by atoms with Gasteiger partial charge in [-0.3, -0.25) is 14.4 Å². The van der Waals surface area contributed by atoms with E-state index in [4.69, 9.17) is 32.5 Å². The summed E-state index contributed by atoms with van der Waals surface area (Å²) in [4.78, 5) is 41.2. The van der Waals surface area contributed by atoms with Crippen molar-refractivity contribution in [3.05, 3.63) is 87.9 Å². The second-order valence-corrected chi connectivity index (χ2v) is 10.7. The number of esters is 1. The maximum Gasteiger partial charge on any atom is 0.323 e. The lowest BCUT2D eigenvalue weighted by Crippen LogP contribution is -2.33. The first-order valence-electron chi connectivity index (χ1n) is 14.1. The van der Waals surface area contributed by atoms with Crippen LogP contribution < -0.4 is 26.4 Å². The fraction of sp³-hybridized carbons (Fsp3) is 0.344. The van der Waals surface area contributed by atoms with Gasteiger partial charge in [0.05, 0.1) is 18.5 Å². The van der Waals surface area contributed by atoms with Crippen LogP contribution in [0.5, 0.6) is 5.75 Å². The number of aryl methyl sites for hydroxylation is 1. The van der Waals surface area contributed by atoms with E-state index in [-0.39, 0.29) is 36.6 Å². The van der Waals surface area contributed by atoms with E-state index in [0.29, 0.717) is 71.2 Å². The van der Waals surface area contributed by atoms with Crippen LogP contribution in [0.1, 0.15) is 70.1 Å². The normalized spacial score (nSPS) is 14.6. The number of amides is 2. The summed E-state index contributed by atoms with van der Waals surface area (Å²) < 4.78 is 11.4. The molecule has 12 heteroatoms. The van der Waals surface area contributed by atoms with Crippen molar-refractivity contribution in [1.82, 2.24) is 0 Å². The Labute approximate surface area is 275 Å². The first-order valence-corrected chi connectivity index (χ1v) is 14.4. The lowest BCUT2D eigenvalue weighted by atomic mass is 10.0. The van der Waals surface area contributed by atoms with E-state index in [0.717, 1.165) is 18.4 Å². The number of nitrogens with one attached hydrogen (secondary N) is 1. The van der Waals surface area contributed by atoms with Crippen LogP contribution >= 0.6 is 36.4 Å². The highest BCUT2D eigenvalue weighted by molar-refractivity contribution is 6.30. The number of rotatable bonds is 10. The van der Waals surface area contributed by atoms with Gasteiger partial charge in [0.2, 0.25) is 0 Å². The Morgan fingerprint density at radius 3 is 2.52 bits per heavy atom. The Bertz CT molecular complexity index is 1460. The lowest BCUT2D eigenvalue weighted by molar-refractivity contribution is -0.151. The highest BCUT2D eigenvalue weighted by Gasteiger charge is 2.31. The minimum Gasteiger partial charge on any atom is -0.495 e. The third-order valence-corrected chi connectivity index (χ3v) is 7.57. The van der Waals surface area contributed by atoms with Crippen LogP contribution in [-0.2, 0) is 9.53 Å². The van der Waals surface area contributed by atoms with Gasteiger partial charge in [0.25, 0.3) is 11.8 Å². The zero-order valence-corrected chi connectivity index (χ0v) is 27.1. The van der Waals surface area contributed by atoms with Crippen LogP contribution in [0, 0.1) is 6.92 Å². The summed E-state index contributed by atoms with van der Waals surface area (Å²) >= 11 is 6.34. The molecule has 0 spiro atoms. The molecule has 1 heterocycles. The quantitative estimate of drug-likeness (QED) is 0.172. The van der Waals surface area contributed by atoms with Gasteiger partial charge in [-0.25, -0.2) is 0 Å². The van der Waals surface area contributed by atoms with Crippen molar-refractivity contribution in [2.45, 2.75) is 51.2 Å². The van der Waals surface area contributed by atoms with Crippen molar-refractivity contribution in [2.75, 3.05) is 30.4 Å². The summed E-state index contributed by atoms with van der Waals surface area (Å²) in [5.41, 5.74) is 15.1. The lowest BCUT2D eigenvalue weighted by Gasteiger charge is -2.25. The van der Waals surface area contributed by atoms with Gasteiger partial charge in [-0.15, -0.1) is 24.8 Å². The SMILES string of the molecule is COc1cc(C(=O)N2CCCC(OC(=O)[C@@H](N)CCCCN)c3cc(Cl)ccc32)ccc1NC(=O)c1ccccc1C.Cl.Cl. The Kier molecular flexibility index (Phi) is 14.4. The van der Waals surface area contributed by atoms with Crippen molar-refractivity contribution in [3.63, 3.8) is 0 Å². The van der Waals surface area contributed by atoms with Crippen LogP contribution in [0.15, 0.2) is 60.7 Å². The van der Waals surface area contributed by atoms with Crippen LogP contribution in [0.25, 0.3) is 0 Å². The van der Waals surface area contributed by atoms with E-state index in [1.807, 2.05) is 19.1 Å². The number of unbranched alkanes of at least 4 members (excludes halogenated alkanes) is 1. The number of hydrogen-bond acceptors (Lipinski definition) is 7. The minimum atomic E-state index is -0.752. The number of hydrogen-bond donors (Lipinski definition) is 3. The van der Waals surface area contributed by atoms with Crippen molar-refractivity contribution in [3.8, 4) is 5.75 Å². The Morgan fingerprint density at radius 1 is 1.07 bits per heavy atom. The number of nitrogens with two attached hydrogens (primary N) is 2. The van der Waals surface area contributed by atoms with E-state index < -0.39 is 18.1 Å². The van der Waals surface area contributed by atoms with E-state index in [1.54, 1.807) is 53.4 Å². The van der Waals surface area contributed by atoms with Gasteiger partial charge < -0.3 is 31.2 Å². The summed E-state index contributed by atoms with van der Waals surface area (Å²) in [6.45, 7) is 2.80. The van der Waals surface area contributed by atoms with Crippen LogP contribution in [0.4, 0.5) is 11.4 Å². The number of halogens is 3. The van der Waals surface area contributed by atoms with Crippen LogP contribution in [0.2, 0.25) is 5.02 Å². The smallest absolute Gasteiger partial charge is 0.323 e. The summed E-state index contributed by atoms with van der Waals surface area (Å²) in [5.74, 6) is -0.678. The van der Waals surface area contributed by atoms with Crippen LogP contribution in [-0.4, -0.2) is 44.0 Å². The molecule has 2 atom stereocenters. The molecule has 0 aliphatic carbocycles. The number of methoxy groups -OCH3 is 1. The van der Waals surface area contributed by atoms with Gasteiger partial charge in [0.15, 0.2) is 0 Å². The molecule has 238 valence electrons. The zero-order valence-electron chi connectivity index (χ0n) is 24.7. The van der Waals surface area contributed by atoms with E-state index in [1.165, 1.54) is 7.11 Å². The fourth-order valence-corrected chi connectivity index (χ4v) is 5.21. The number of nitrogens with zero attached hydrogens (tertiary/aromatic N) is 1. The fourth-order valence-electron chi connectivity index (χ4n) is 5.03. The third kappa shape index (κ3) is 8.86. The van der Waals surface area contributed by atoms with Crippen molar-refractivity contribution in [2.24, 2.45) is 11.5 Å². The molecular weight excluding hydrogens is 627 g/mol. The molecule has 9 nitrogen and oxygen atoms in total. The predicted octanol–water partition coefficient (Wildman–Crippen LogP) is 6.23. The largest absolute Gasteiger partial charge is 0.495 e. The highest BCUT2D eigenvalue weighted by Crippen LogP contribution is 2.38. The molecular formula is C32H39Cl3N4O5. The van der Waals surface area contributed by atoms with Crippen LogP contribution in [0.3, 0.4) is 0 Å². The van der Waals surface area contributed by atoms with Gasteiger partial charge in [0.1, 0.15) is 17.9 Å². The van der Waals surface area contributed by atoms with Gasteiger partial charge in [-0.2, -0.15) is 0 Å². The molecule has 2 amide bonds. The molecule has 1 unspecified atom stereocenters.